The number of nitrogens with one attached hydrogen (secondary N) is 3. The first-order chi connectivity index (χ1) is 12.5. The number of fused-ring (bicyclic) bond motifs is 1. The number of rotatable bonds is 7. The van der Waals surface area contributed by atoms with Gasteiger partial charge in [-0.1, -0.05) is 23.8 Å². The Morgan fingerprint density at radius 1 is 1.23 bits per heavy atom. The maximum atomic E-state index is 12.5. The zero-order valence-corrected chi connectivity index (χ0v) is 14.9. The van der Waals surface area contributed by atoms with Crippen LogP contribution >= 0.6 is 0 Å². The molecule has 0 bridgehead atoms. The molecule has 0 atom stereocenters. The summed E-state index contributed by atoms with van der Waals surface area (Å²) >= 11 is 0. The molecule has 0 unspecified atom stereocenters. The van der Waals surface area contributed by atoms with E-state index in [2.05, 4.69) is 20.3 Å². The summed E-state index contributed by atoms with van der Waals surface area (Å²) in [6.07, 6.45) is 5.78. The zero-order chi connectivity index (χ0) is 18.5. The highest BCUT2D eigenvalue weighted by molar-refractivity contribution is 6.09. The fraction of sp³-hybridized carbons (Fsp3) is 0.250. The van der Waals surface area contributed by atoms with Crippen molar-refractivity contribution in [3.63, 3.8) is 0 Å². The number of allylic oxidation sites excluding steroid dienone is 2. The number of aromatic nitrogens is 3. The summed E-state index contributed by atoms with van der Waals surface area (Å²) in [5.41, 5.74) is 3.97. The van der Waals surface area contributed by atoms with Crippen molar-refractivity contribution in [3.05, 3.63) is 65.4 Å². The number of imidazole rings is 1. The van der Waals surface area contributed by atoms with Gasteiger partial charge in [-0.05, 0) is 31.6 Å². The second-order valence-corrected chi connectivity index (χ2v) is 6.46. The highest BCUT2D eigenvalue weighted by atomic mass is 16.1. The molecule has 26 heavy (non-hydrogen) atoms. The first-order valence-electron chi connectivity index (χ1n) is 8.57. The molecule has 1 aromatic carbocycles. The number of amides is 1. The number of carbonyl (C=O) groups is 2. The lowest BCUT2D eigenvalue weighted by molar-refractivity contribution is -0.120. The highest BCUT2D eigenvalue weighted by Gasteiger charge is 2.18. The van der Waals surface area contributed by atoms with E-state index in [1.54, 1.807) is 18.6 Å². The van der Waals surface area contributed by atoms with E-state index < -0.39 is 0 Å². The molecule has 1 amide bonds. The van der Waals surface area contributed by atoms with Gasteiger partial charge in [-0.2, -0.15) is 0 Å². The summed E-state index contributed by atoms with van der Waals surface area (Å²) in [4.78, 5) is 35.1. The van der Waals surface area contributed by atoms with Gasteiger partial charge in [0.15, 0.2) is 0 Å². The van der Waals surface area contributed by atoms with Gasteiger partial charge in [0.2, 0.25) is 11.7 Å². The van der Waals surface area contributed by atoms with E-state index >= 15 is 0 Å². The van der Waals surface area contributed by atoms with Gasteiger partial charge in [-0.15, -0.1) is 0 Å². The van der Waals surface area contributed by atoms with E-state index in [4.69, 9.17) is 0 Å². The van der Waals surface area contributed by atoms with Gasteiger partial charge in [-0.25, -0.2) is 4.98 Å². The zero-order valence-electron chi connectivity index (χ0n) is 14.9. The number of carbonyl (C=O) groups excluding carboxylic acids is 2. The molecule has 0 radical (unpaired) electrons. The van der Waals surface area contributed by atoms with E-state index in [-0.39, 0.29) is 18.1 Å². The number of H-pyrrole nitrogens is 2. The van der Waals surface area contributed by atoms with E-state index in [1.165, 1.54) is 0 Å². The van der Waals surface area contributed by atoms with Gasteiger partial charge in [-0.3, -0.25) is 9.59 Å². The van der Waals surface area contributed by atoms with Crippen molar-refractivity contribution in [2.45, 2.75) is 26.7 Å². The fourth-order valence-corrected chi connectivity index (χ4v) is 2.91. The lowest BCUT2D eigenvalue weighted by Gasteiger charge is -2.06. The Bertz CT molecular complexity index is 948. The summed E-state index contributed by atoms with van der Waals surface area (Å²) in [5.74, 6) is -0.220. The lowest BCUT2D eigenvalue weighted by Crippen LogP contribution is -2.27. The van der Waals surface area contributed by atoms with Gasteiger partial charge in [0.1, 0.15) is 0 Å². The van der Waals surface area contributed by atoms with Crippen LogP contribution < -0.4 is 5.32 Å². The average molecular weight is 350 g/mol. The van der Waals surface area contributed by atoms with Gasteiger partial charge < -0.3 is 15.3 Å². The third-order valence-corrected chi connectivity index (χ3v) is 4.09. The number of aromatic amines is 2. The predicted molar refractivity (Wildman–Crippen MR) is 101 cm³/mol. The number of nitrogens with zero attached hydrogens (tertiary/aromatic N) is 1. The molecule has 6 nitrogen and oxygen atoms in total. The summed E-state index contributed by atoms with van der Waals surface area (Å²) in [6, 6.07) is 7.65. The van der Waals surface area contributed by atoms with Crippen molar-refractivity contribution in [1.29, 1.82) is 0 Å². The monoisotopic (exact) mass is 350 g/mol. The van der Waals surface area contributed by atoms with Crippen LogP contribution in [0.2, 0.25) is 0 Å². The SMILES string of the molecule is CC(C)=CC(=O)c1[nH]c2ccccc2c1CC(=O)NCCc1cnc[nH]1. The van der Waals surface area contributed by atoms with Gasteiger partial charge in [0, 0.05) is 35.8 Å². The fourth-order valence-electron chi connectivity index (χ4n) is 2.91. The molecule has 0 spiro atoms. The molecule has 3 rings (SSSR count). The van der Waals surface area contributed by atoms with Crippen LogP contribution in [0.15, 0.2) is 48.4 Å². The predicted octanol–water partition coefficient (Wildman–Crippen LogP) is 2.94. The molecule has 3 aromatic rings. The number of para-hydroxylation sites is 1. The van der Waals surface area contributed by atoms with Crippen molar-refractivity contribution < 1.29 is 9.59 Å². The third-order valence-electron chi connectivity index (χ3n) is 4.09. The summed E-state index contributed by atoms with van der Waals surface area (Å²) in [6.45, 7) is 4.27. The lowest BCUT2D eigenvalue weighted by atomic mass is 10.0. The van der Waals surface area contributed by atoms with E-state index in [9.17, 15) is 9.59 Å². The van der Waals surface area contributed by atoms with E-state index in [0.29, 0.717) is 18.7 Å². The van der Waals surface area contributed by atoms with Crippen molar-refractivity contribution in [2.24, 2.45) is 0 Å². The molecule has 0 aliphatic rings. The Labute approximate surface area is 151 Å². The van der Waals surface area contributed by atoms with E-state index in [0.717, 1.165) is 27.7 Å². The second kappa shape index (κ2) is 7.82. The van der Waals surface area contributed by atoms with Crippen LogP contribution in [-0.2, 0) is 17.6 Å². The quantitative estimate of drug-likeness (QED) is 0.452. The van der Waals surface area contributed by atoms with Crippen LogP contribution in [0.4, 0.5) is 0 Å². The van der Waals surface area contributed by atoms with Crippen molar-refractivity contribution in [2.75, 3.05) is 6.54 Å². The molecule has 0 fully saturated rings. The number of ketones is 1. The Kier molecular flexibility index (Phi) is 5.31. The molecule has 2 aromatic heterocycles. The molecule has 2 heterocycles. The minimum atomic E-state index is -0.111. The van der Waals surface area contributed by atoms with Gasteiger partial charge >= 0.3 is 0 Å². The minimum Gasteiger partial charge on any atom is -0.355 e. The smallest absolute Gasteiger partial charge is 0.224 e. The molecule has 6 heteroatoms. The van der Waals surface area contributed by atoms with Crippen LogP contribution in [0.3, 0.4) is 0 Å². The maximum Gasteiger partial charge on any atom is 0.224 e. The number of hydrogen-bond acceptors (Lipinski definition) is 3. The van der Waals surface area contributed by atoms with Crippen LogP contribution in [0.25, 0.3) is 10.9 Å². The molecule has 3 N–H and O–H groups in total. The Morgan fingerprint density at radius 2 is 2.04 bits per heavy atom. The summed E-state index contributed by atoms with van der Waals surface area (Å²) in [7, 11) is 0. The Hall–Kier alpha value is -3.15. The molecule has 0 aliphatic heterocycles. The molecular formula is C20H22N4O2. The first kappa shape index (κ1) is 17.7. The van der Waals surface area contributed by atoms with Crippen molar-refractivity contribution in [1.82, 2.24) is 20.3 Å². The number of benzene rings is 1. The molecule has 134 valence electrons. The van der Waals surface area contributed by atoms with E-state index in [1.807, 2.05) is 38.1 Å². The number of hydrogen-bond donors (Lipinski definition) is 3. The molecule has 0 saturated carbocycles. The summed E-state index contributed by atoms with van der Waals surface area (Å²) < 4.78 is 0. The standard InChI is InChI=1S/C20H22N4O2/c1-13(2)9-18(25)20-16(15-5-3-4-6-17(15)24-20)10-19(26)22-8-7-14-11-21-12-23-14/h3-6,9,11-12,24H,7-8,10H2,1-2H3,(H,21,23)(H,22,26). The average Bonchev–Trinajstić information content (AvgIpc) is 3.23. The normalized spacial score (nSPS) is 10.7. The van der Waals surface area contributed by atoms with Crippen molar-refractivity contribution >= 4 is 22.6 Å². The van der Waals surface area contributed by atoms with Crippen molar-refractivity contribution in [3.8, 4) is 0 Å². The first-order valence-corrected chi connectivity index (χ1v) is 8.57. The molecule has 0 aliphatic carbocycles. The summed E-state index contributed by atoms with van der Waals surface area (Å²) in [5, 5.41) is 3.81. The Morgan fingerprint density at radius 3 is 2.77 bits per heavy atom. The van der Waals surface area contributed by atoms with Crippen LogP contribution in [0.5, 0.6) is 0 Å². The second-order valence-electron chi connectivity index (χ2n) is 6.46. The van der Waals surface area contributed by atoms with Crippen LogP contribution in [0.1, 0.15) is 35.6 Å². The van der Waals surface area contributed by atoms with Gasteiger partial charge in [0.05, 0.1) is 18.4 Å². The van der Waals surface area contributed by atoms with Gasteiger partial charge in [0.25, 0.3) is 0 Å². The molecule has 0 saturated heterocycles. The highest BCUT2D eigenvalue weighted by Crippen LogP contribution is 2.24. The maximum absolute atomic E-state index is 12.5. The minimum absolute atomic E-state index is 0.110. The Balaban J connectivity index is 1.77. The third kappa shape index (κ3) is 4.08. The van der Waals surface area contributed by atoms with Crippen LogP contribution in [0, 0.1) is 0 Å². The largest absolute Gasteiger partial charge is 0.355 e. The van der Waals surface area contributed by atoms with Crippen LogP contribution in [-0.4, -0.2) is 33.2 Å². The topological polar surface area (TPSA) is 90.6 Å². The molecular weight excluding hydrogens is 328 g/mol.